The van der Waals surface area contributed by atoms with Crippen molar-refractivity contribution in [2.45, 2.75) is 64.4 Å². The van der Waals surface area contributed by atoms with Crippen LogP contribution in [0.2, 0.25) is 0 Å². The molecule has 4 rings (SSSR count). The van der Waals surface area contributed by atoms with Crippen molar-refractivity contribution in [2.75, 3.05) is 0 Å². The molecular formula is C13H22O2. The average molecular weight is 210 g/mol. The first-order chi connectivity index (χ1) is 7.24. The molecule has 2 heteroatoms. The Balaban J connectivity index is 1.68. The Labute approximate surface area is 92.3 Å². The molecule has 3 aliphatic carbocycles. The largest absolute Gasteiger partial charge is 0.347 e. The second-order valence-electron chi connectivity index (χ2n) is 5.73. The van der Waals surface area contributed by atoms with Gasteiger partial charge in [0.15, 0.2) is 6.29 Å². The summed E-state index contributed by atoms with van der Waals surface area (Å²) in [4.78, 5) is 0. The molecule has 0 amide bonds. The van der Waals surface area contributed by atoms with Gasteiger partial charge in [-0.3, -0.25) is 0 Å². The van der Waals surface area contributed by atoms with Gasteiger partial charge in [0, 0.05) is 5.92 Å². The van der Waals surface area contributed by atoms with Crippen molar-refractivity contribution in [3.63, 3.8) is 0 Å². The van der Waals surface area contributed by atoms with Gasteiger partial charge in [-0.15, -0.1) is 0 Å². The SMILES string of the molecule is CC1OC(C2CC3CCC2CC3)OC1C. The van der Waals surface area contributed by atoms with Crippen LogP contribution < -0.4 is 0 Å². The lowest BCUT2D eigenvalue weighted by atomic mass is 9.64. The highest BCUT2D eigenvalue weighted by atomic mass is 16.7. The van der Waals surface area contributed by atoms with E-state index < -0.39 is 0 Å². The topological polar surface area (TPSA) is 18.5 Å². The molecular weight excluding hydrogens is 188 g/mol. The zero-order valence-electron chi connectivity index (χ0n) is 9.82. The lowest BCUT2D eigenvalue weighted by molar-refractivity contribution is -0.140. The molecule has 0 aromatic heterocycles. The minimum absolute atomic E-state index is 0.114. The Morgan fingerprint density at radius 2 is 1.47 bits per heavy atom. The molecule has 3 unspecified atom stereocenters. The normalized spacial score (nSPS) is 54.8. The smallest absolute Gasteiger partial charge is 0.161 e. The van der Waals surface area contributed by atoms with Gasteiger partial charge in [0.1, 0.15) is 0 Å². The Hall–Kier alpha value is -0.0800. The van der Waals surface area contributed by atoms with Crippen LogP contribution in [-0.4, -0.2) is 18.5 Å². The summed E-state index contributed by atoms with van der Waals surface area (Å²) in [6.07, 6.45) is 7.80. The van der Waals surface area contributed by atoms with Crippen molar-refractivity contribution in [3.05, 3.63) is 0 Å². The van der Waals surface area contributed by atoms with E-state index in [9.17, 15) is 0 Å². The molecule has 1 saturated heterocycles. The predicted octanol–water partition coefficient (Wildman–Crippen LogP) is 2.96. The third-order valence-electron chi connectivity index (χ3n) is 4.81. The standard InChI is InChI=1S/C13H22O2/c1-8-9(2)15-13(14-8)12-7-10-3-5-11(12)6-4-10/h8-13H,3-7H2,1-2H3. The van der Waals surface area contributed by atoms with Crippen LogP contribution in [0.25, 0.3) is 0 Å². The summed E-state index contributed by atoms with van der Waals surface area (Å²) < 4.78 is 11.9. The fourth-order valence-corrected chi connectivity index (χ4v) is 3.64. The van der Waals surface area contributed by atoms with Gasteiger partial charge < -0.3 is 9.47 Å². The third kappa shape index (κ3) is 1.72. The number of fused-ring (bicyclic) bond motifs is 3. The fraction of sp³-hybridized carbons (Fsp3) is 1.00. The Morgan fingerprint density at radius 1 is 0.867 bits per heavy atom. The molecule has 0 radical (unpaired) electrons. The van der Waals surface area contributed by atoms with E-state index in [1.54, 1.807) is 0 Å². The molecule has 0 aromatic carbocycles. The van der Waals surface area contributed by atoms with Gasteiger partial charge >= 0.3 is 0 Å². The second-order valence-corrected chi connectivity index (χ2v) is 5.73. The molecule has 86 valence electrons. The molecule has 4 aliphatic rings. The van der Waals surface area contributed by atoms with Gasteiger partial charge in [-0.1, -0.05) is 12.8 Å². The number of rotatable bonds is 1. The summed E-state index contributed by atoms with van der Waals surface area (Å²) >= 11 is 0. The van der Waals surface area contributed by atoms with E-state index in [-0.39, 0.29) is 18.5 Å². The molecule has 0 N–H and O–H groups in total. The highest BCUT2D eigenvalue weighted by Crippen LogP contribution is 2.48. The van der Waals surface area contributed by atoms with Crippen molar-refractivity contribution >= 4 is 0 Å². The average Bonchev–Trinajstić information content (AvgIpc) is 2.61. The molecule has 0 spiro atoms. The zero-order valence-corrected chi connectivity index (χ0v) is 9.82. The minimum Gasteiger partial charge on any atom is -0.347 e. The summed E-state index contributed by atoms with van der Waals surface area (Å²) in [6, 6.07) is 0. The van der Waals surface area contributed by atoms with Crippen molar-refractivity contribution in [2.24, 2.45) is 17.8 Å². The minimum atomic E-state index is 0.114. The summed E-state index contributed by atoms with van der Waals surface area (Å²) in [5.41, 5.74) is 0. The molecule has 4 fully saturated rings. The maximum absolute atomic E-state index is 5.94. The first-order valence-electron chi connectivity index (χ1n) is 6.55. The van der Waals surface area contributed by atoms with Crippen LogP contribution in [0.1, 0.15) is 46.0 Å². The lowest BCUT2D eigenvalue weighted by Gasteiger charge is -2.44. The molecule has 0 aromatic rings. The predicted molar refractivity (Wildman–Crippen MR) is 58.4 cm³/mol. The lowest BCUT2D eigenvalue weighted by Crippen LogP contribution is -2.39. The van der Waals surface area contributed by atoms with Crippen LogP contribution in [0.5, 0.6) is 0 Å². The fourth-order valence-electron chi connectivity index (χ4n) is 3.64. The van der Waals surface area contributed by atoms with E-state index in [1.165, 1.54) is 32.1 Å². The van der Waals surface area contributed by atoms with E-state index in [0.29, 0.717) is 5.92 Å². The van der Waals surface area contributed by atoms with Gasteiger partial charge in [-0.05, 0) is 44.9 Å². The maximum Gasteiger partial charge on any atom is 0.161 e. The zero-order chi connectivity index (χ0) is 10.4. The monoisotopic (exact) mass is 210 g/mol. The quantitative estimate of drug-likeness (QED) is 0.662. The van der Waals surface area contributed by atoms with Gasteiger partial charge in [-0.2, -0.15) is 0 Å². The van der Waals surface area contributed by atoms with Crippen LogP contribution in [0.3, 0.4) is 0 Å². The van der Waals surface area contributed by atoms with Gasteiger partial charge in [0.25, 0.3) is 0 Å². The molecule has 15 heavy (non-hydrogen) atoms. The van der Waals surface area contributed by atoms with Gasteiger partial charge in [0.05, 0.1) is 12.2 Å². The highest BCUT2D eigenvalue weighted by molar-refractivity contribution is 4.89. The van der Waals surface area contributed by atoms with Crippen molar-refractivity contribution < 1.29 is 9.47 Å². The van der Waals surface area contributed by atoms with Crippen molar-refractivity contribution in [1.82, 2.24) is 0 Å². The third-order valence-corrected chi connectivity index (χ3v) is 4.81. The first kappa shape index (κ1) is 10.1. The first-order valence-corrected chi connectivity index (χ1v) is 6.55. The van der Waals surface area contributed by atoms with Crippen LogP contribution >= 0.6 is 0 Å². The van der Waals surface area contributed by atoms with E-state index >= 15 is 0 Å². The summed E-state index contributed by atoms with van der Waals surface area (Å²) in [5.74, 6) is 2.56. The van der Waals surface area contributed by atoms with E-state index in [0.717, 1.165) is 11.8 Å². The van der Waals surface area contributed by atoms with Crippen molar-refractivity contribution in [3.8, 4) is 0 Å². The van der Waals surface area contributed by atoms with Crippen LogP contribution in [0.4, 0.5) is 0 Å². The Morgan fingerprint density at radius 3 is 1.93 bits per heavy atom. The summed E-state index contributed by atoms with van der Waals surface area (Å²) in [6.45, 7) is 4.26. The Kier molecular flexibility index (Phi) is 2.52. The number of hydrogen-bond acceptors (Lipinski definition) is 2. The van der Waals surface area contributed by atoms with Gasteiger partial charge in [0.2, 0.25) is 0 Å². The second kappa shape index (κ2) is 3.74. The molecule has 2 bridgehead atoms. The molecule has 3 atom stereocenters. The van der Waals surface area contributed by atoms with Crippen LogP contribution in [0, 0.1) is 17.8 Å². The van der Waals surface area contributed by atoms with Crippen molar-refractivity contribution in [1.29, 1.82) is 0 Å². The van der Waals surface area contributed by atoms with Gasteiger partial charge in [-0.25, -0.2) is 0 Å². The molecule has 1 heterocycles. The summed E-state index contributed by atoms with van der Waals surface area (Å²) in [7, 11) is 0. The van der Waals surface area contributed by atoms with Crippen LogP contribution in [0.15, 0.2) is 0 Å². The van der Waals surface area contributed by atoms with E-state index in [2.05, 4.69) is 13.8 Å². The number of hydrogen-bond donors (Lipinski definition) is 0. The maximum atomic E-state index is 5.94. The van der Waals surface area contributed by atoms with E-state index in [1.807, 2.05) is 0 Å². The van der Waals surface area contributed by atoms with Crippen LogP contribution in [-0.2, 0) is 9.47 Å². The Bertz CT molecular complexity index is 223. The molecule has 2 nitrogen and oxygen atoms in total. The molecule has 1 aliphatic heterocycles. The summed E-state index contributed by atoms with van der Waals surface area (Å²) in [5, 5.41) is 0. The number of ether oxygens (including phenoxy) is 2. The van der Waals surface area contributed by atoms with E-state index in [4.69, 9.17) is 9.47 Å². The molecule has 3 saturated carbocycles. The highest BCUT2D eigenvalue weighted by Gasteiger charge is 2.44.